The minimum absolute atomic E-state index is 0.281. The Bertz CT molecular complexity index is 962. The number of H-pyrrole nitrogens is 1. The third-order valence-electron chi connectivity index (χ3n) is 6.31. The van der Waals surface area contributed by atoms with Crippen molar-refractivity contribution in [2.45, 2.75) is 39.2 Å². The van der Waals surface area contributed by atoms with Gasteiger partial charge in [0.05, 0.1) is 5.69 Å². The molecule has 5 heteroatoms. The zero-order valence-corrected chi connectivity index (χ0v) is 16.0. The first kappa shape index (κ1) is 16.8. The smallest absolute Gasteiger partial charge is 0.233 e. The van der Waals surface area contributed by atoms with E-state index in [1.54, 1.807) is 0 Å². The highest BCUT2D eigenvalue weighted by molar-refractivity contribution is 5.88. The van der Waals surface area contributed by atoms with E-state index in [1.807, 2.05) is 12.1 Å². The molecular formula is C22H26N4O. The van der Waals surface area contributed by atoms with Gasteiger partial charge < -0.3 is 14.6 Å². The summed E-state index contributed by atoms with van der Waals surface area (Å²) in [6.45, 7) is 7.82. The van der Waals surface area contributed by atoms with Crippen LogP contribution in [0.5, 0.6) is 5.88 Å². The van der Waals surface area contributed by atoms with Gasteiger partial charge in [0.2, 0.25) is 5.88 Å². The molecular weight excluding hydrogens is 336 g/mol. The minimum Gasteiger partial charge on any atom is -0.473 e. The van der Waals surface area contributed by atoms with Crippen LogP contribution in [0.2, 0.25) is 0 Å². The van der Waals surface area contributed by atoms with E-state index in [0.29, 0.717) is 11.8 Å². The Morgan fingerprint density at radius 1 is 1.07 bits per heavy atom. The average molecular weight is 362 g/mol. The number of ether oxygens (including phenoxy) is 1. The molecule has 0 amide bonds. The number of aryl methyl sites for hydroxylation is 2. The van der Waals surface area contributed by atoms with Crippen LogP contribution in [-0.2, 0) is 0 Å². The molecule has 1 aromatic carbocycles. The highest BCUT2D eigenvalue weighted by Crippen LogP contribution is 2.30. The lowest BCUT2D eigenvalue weighted by atomic mass is 9.87. The van der Waals surface area contributed by atoms with Gasteiger partial charge in [0.15, 0.2) is 0 Å². The summed E-state index contributed by atoms with van der Waals surface area (Å²) < 4.78 is 6.22. The molecule has 27 heavy (non-hydrogen) atoms. The Morgan fingerprint density at radius 2 is 2.00 bits per heavy atom. The number of aromatic nitrogens is 3. The monoisotopic (exact) mass is 362 g/mol. The van der Waals surface area contributed by atoms with Crippen molar-refractivity contribution in [3.05, 3.63) is 41.6 Å². The van der Waals surface area contributed by atoms with E-state index in [9.17, 15) is 0 Å². The molecule has 2 fully saturated rings. The van der Waals surface area contributed by atoms with E-state index in [1.165, 1.54) is 48.1 Å². The summed E-state index contributed by atoms with van der Waals surface area (Å²) >= 11 is 0. The molecule has 2 aliphatic heterocycles. The molecule has 140 valence electrons. The highest BCUT2D eigenvalue weighted by atomic mass is 16.5. The van der Waals surface area contributed by atoms with Crippen molar-refractivity contribution < 1.29 is 4.74 Å². The number of nitrogens with zero attached hydrogens (tertiary/aromatic N) is 3. The number of nitrogens with one attached hydrogen (secondary N) is 1. The summed E-state index contributed by atoms with van der Waals surface area (Å²) in [6.07, 6.45) is 3.93. The Labute approximate surface area is 159 Å². The second kappa shape index (κ2) is 6.64. The van der Waals surface area contributed by atoms with Gasteiger partial charge in [-0.3, -0.25) is 0 Å². The van der Waals surface area contributed by atoms with E-state index >= 15 is 0 Å². The van der Waals surface area contributed by atoms with Gasteiger partial charge in [-0.1, -0.05) is 6.07 Å². The van der Waals surface area contributed by atoms with Crippen LogP contribution in [-0.4, -0.2) is 45.8 Å². The van der Waals surface area contributed by atoms with Crippen molar-refractivity contribution in [2.75, 3.05) is 19.6 Å². The second-order valence-corrected chi connectivity index (χ2v) is 8.04. The van der Waals surface area contributed by atoms with E-state index < -0.39 is 0 Å². The Balaban J connectivity index is 1.35. The summed E-state index contributed by atoms with van der Waals surface area (Å²) in [5.74, 6) is 1.29. The predicted molar refractivity (Wildman–Crippen MR) is 107 cm³/mol. The van der Waals surface area contributed by atoms with E-state index in [-0.39, 0.29) is 6.10 Å². The number of rotatable bonds is 3. The Morgan fingerprint density at radius 3 is 2.85 bits per heavy atom. The fourth-order valence-corrected chi connectivity index (χ4v) is 4.61. The SMILES string of the molecule is Cc1[nH]c2ccc(-c3ccc(OC4CCN5CCCC4C5)nn3)cc2c1C. The summed E-state index contributed by atoms with van der Waals surface area (Å²) in [4.78, 5) is 5.98. The van der Waals surface area contributed by atoms with Gasteiger partial charge >= 0.3 is 0 Å². The lowest BCUT2D eigenvalue weighted by molar-refractivity contribution is 0.0123. The van der Waals surface area contributed by atoms with Crippen LogP contribution >= 0.6 is 0 Å². The molecule has 2 aliphatic rings. The molecule has 2 aromatic heterocycles. The molecule has 0 spiro atoms. The normalized spacial score (nSPS) is 24.9. The number of piperidine rings is 2. The molecule has 0 aliphatic carbocycles. The zero-order valence-electron chi connectivity index (χ0n) is 16.0. The van der Waals surface area contributed by atoms with Gasteiger partial charge in [0, 0.05) is 47.2 Å². The summed E-state index contributed by atoms with van der Waals surface area (Å²) in [5.41, 5.74) is 5.64. The van der Waals surface area contributed by atoms with Crippen molar-refractivity contribution in [2.24, 2.45) is 5.92 Å². The number of aromatic amines is 1. The molecule has 0 saturated carbocycles. The lowest BCUT2D eigenvalue weighted by Gasteiger charge is -2.42. The largest absolute Gasteiger partial charge is 0.473 e. The quantitative estimate of drug-likeness (QED) is 0.762. The summed E-state index contributed by atoms with van der Waals surface area (Å²) in [7, 11) is 0. The van der Waals surface area contributed by atoms with Crippen molar-refractivity contribution in [1.82, 2.24) is 20.1 Å². The van der Waals surface area contributed by atoms with Crippen molar-refractivity contribution in [1.29, 1.82) is 0 Å². The molecule has 5 nitrogen and oxygen atoms in total. The number of benzene rings is 1. The van der Waals surface area contributed by atoms with Crippen LogP contribution in [0.3, 0.4) is 0 Å². The van der Waals surface area contributed by atoms with Crippen LogP contribution in [0.4, 0.5) is 0 Å². The van der Waals surface area contributed by atoms with Gasteiger partial charge in [0.25, 0.3) is 0 Å². The van der Waals surface area contributed by atoms with E-state index in [2.05, 4.69) is 52.1 Å². The third-order valence-corrected chi connectivity index (χ3v) is 6.31. The topological polar surface area (TPSA) is 54.0 Å². The van der Waals surface area contributed by atoms with Crippen LogP contribution in [0.25, 0.3) is 22.2 Å². The molecule has 3 unspecified atom stereocenters. The maximum absolute atomic E-state index is 6.22. The van der Waals surface area contributed by atoms with Crippen molar-refractivity contribution >= 4 is 10.9 Å². The zero-order chi connectivity index (χ0) is 18.4. The predicted octanol–water partition coefficient (Wildman–Crippen LogP) is 4.10. The molecule has 5 rings (SSSR count). The standard InChI is InChI=1S/C22H26N4O/c1-14-15(2)23-20-6-5-16(12-18(14)20)19-7-8-22(25-24-19)27-21-9-11-26-10-3-4-17(21)13-26/h5-8,12,17,21,23H,3-4,9-11,13H2,1-2H3. The van der Waals surface area contributed by atoms with Crippen LogP contribution in [0, 0.1) is 19.8 Å². The number of fused-ring (bicyclic) bond motifs is 3. The molecule has 4 heterocycles. The molecule has 3 aromatic rings. The number of hydrogen-bond donors (Lipinski definition) is 1. The van der Waals surface area contributed by atoms with Crippen molar-refractivity contribution in [3.63, 3.8) is 0 Å². The maximum Gasteiger partial charge on any atom is 0.233 e. The first-order valence-corrected chi connectivity index (χ1v) is 9.99. The molecule has 1 N–H and O–H groups in total. The van der Waals surface area contributed by atoms with Gasteiger partial charge in [-0.2, -0.15) is 0 Å². The van der Waals surface area contributed by atoms with Gasteiger partial charge in [0.1, 0.15) is 6.10 Å². The molecule has 2 bridgehead atoms. The van der Waals surface area contributed by atoms with Crippen LogP contribution < -0.4 is 4.74 Å². The molecule has 3 atom stereocenters. The second-order valence-electron chi connectivity index (χ2n) is 8.04. The Hall–Kier alpha value is -2.40. The summed E-state index contributed by atoms with van der Waals surface area (Å²) in [6, 6.07) is 10.4. The third kappa shape index (κ3) is 3.10. The fraction of sp³-hybridized carbons (Fsp3) is 0.455. The minimum atomic E-state index is 0.281. The van der Waals surface area contributed by atoms with Gasteiger partial charge in [-0.25, -0.2) is 0 Å². The summed E-state index contributed by atoms with van der Waals surface area (Å²) in [5, 5.41) is 10.1. The lowest BCUT2D eigenvalue weighted by Crippen LogP contribution is -2.49. The first-order valence-electron chi connectivity index (χ1n) is 9.99. The highest BCUT2D eigenvalue weighted by Gasteiger charge is 2.33. The average Bonchev–Trinajstić information content (AvgIpc) is 2.98. The number of hydrogen-bond acceptors (Lipinski definition) is 4. The van der Waals surface area contributed by atoms with Crippen LogP contribution in [0.15, 0.2) is 30.3 Å². The van der Waals surface area contributed by atoms with E-state index in [0.717, 1.165) is 24.2 Å². The van der Waals surface area contributed by atoms with Crippen molar-refractivity contribution in [3.8, 4) is 17.1 Å². The molecule has 2 saturated heterocycles. The maximum atomic E-state index is 6.22. The van der Waals surface area contributed by atoms with Crippen LogP contribution in [0.1, 0.15) is 30.5 Å². The Kier molecular flexibility index (Phi) is 4.12. The molecule has 0 radical (unpaired) electrons. The van der Waals surface area contributed by atoms with E-state index in [4.69, 9.17) is 4.74 Å². The van der Waals surface area contributed by atoms with Gasteiger partial charge in [-0.15, -0.1) is 10.2 Å². The fourth-order valence-electron chi connectivity index (χ4n) is 4.61. The van der Waals surface area contributed by atoms with Gasteiger partial charge in [-0.05, 0) is 63.4 Å². The first-order chi connectivity index (χ1) is 13.2.